The van der Waals surface area contributed by atoms with Crippen molar-refractivity contribution in [3.05, 3.63) is 108 Å². The number of amides is 1. The van der Waals surface area contributed by atoms with Crippen molar-refractivity contribution in [2.45, 2.75) is 18.4 Å². The molecule has 1 aliphatic heterocycles. The molecular weight excluding hydrogens is 382 g/mol. The highest BCUT2D eigenvalue weighted by Crippen LogP contribution is 2.27. The SMILES string of the molecule is O=C1[C@@H](Cc2c[nH]c3ccccc23)NCCN1CC(c1ccccc1)c1ccccc1. The first-order valence-electron chi connectivity index (χ1n) is 11.0. The number of carbonyl (C=O) groups is 1. The number of hydrogen-bond acceptors (Lipinski definition) is 2. The largest absolute Gasteiger partial charge is 0.361 e. The minimum atomic E-state index is -0.194. The summed E-state index contributed by atoms with van der Waals surface area (Å²) in [5.74, 6) is 0.353. The molecule has 0 unspecified atom stereocenters. The first-order valence-corrected chi connectivity index (χ1v) is 11.0. The molecule has 5 rings (SSSR count). The van der Waals surface area contributed by atoms with Gasteiger partial charge in [0.05, 0.1) is 6.04 Å². The van der Waals surface area contributed by atoms with E-state index >= 15 is 0 Å². The Morgan fingerprint density at radius 3 is 2.23 bits per heavy atom. The van der Waals surface area contributed by atoms with Gasteiger partial charge in [0.15, 0.2) is 0 Å². The van der Waals surface area contributed by atoms with Crippen LogP contribution in [-0.4, -0.2) is 41.5 Å². The van der Waals surface area contributed by atoms with Gasteiger partial charge < -0.3 is 15.2 Å². The molecule has 4 aromatic rings. The molecule has 4 heteroatoms. The summed E-state index contributed by atoms with van der Waals surface area (Å²) in [6, 6.07) is 29.1. The van der Waals surface area contributed by atoms with E-state index in [1.807, 2.05) is 35.4 Å². The normalized spacial score (nSPS) is 16.9. The number of aromatic amines is 1. The minimum Gasteiger partial charge on any atom is -0.361 e. The lowest BCUT2D eigenvalue weighted by molar-refractivity contribution is -0.135. The number of nitrogens with zero attached hydrogens (tertiary/aromatic N) is 1. The average molecular weight is 410 g/mol. The van der Waals surface area contributed by atoms with E-state index in [1.165, 1.54) is 22.1 Å². The molecule has 0 aliphatic carbocycles. The molecule has 3 aromatic carbocycles. The lowest BCUT2D eigenvalue weighted by Gasteiger charge is -2.36. The molecule has 2 N–H and O–H groups in total. The van der Waals surface area contributed by atoms with Crippen LogP contribution < -0.4 is 5.32 Å². The van der Waals surface area contributed by atoms with Gasteiger partial charge in [0, 0.05) is 42.7 Å². The third-order valence-corrected chi connectivity index (χ3v) is 6.29. The number of carbonyl (C=O) groups excluding carboxylic acids is 1. The van der Waals surface area contributed by atoms with Gasteiger partial charge in [-0.15, -0.1) is 0 Å². The first-order chi connectivity index (χ1) is 15.3. The van der Waals surface area contributed by atoms with Crippen LogP contribution in [0.2, 0.25) is 0 Å². The molecule has 1 saturated heterocycles. The van der Waals surface area contributed by atoms with E-state index in [-0.39, 0.29) is 17.9 Å². The third kappa shape index (κ3) is 4.12. The fourth-order valence-corrected chi connectivity index (χ4v) is 4.65. The molecule has 0 radical (unpaired) electrons. The Labute approximate surface area is 182 Å². The van der Waals surface area contributed by atoms with Crippen molar-refractivity contribution in [3.63, 3.8) is 0 Å². The van der Waals surface area contributed by atoms with Gasteiger partial charge in [0.2, 0.25) is 5.91 Å². The molecule has 0 bridgehead atoms. The highest BCUT2D eigenvalue weighted by atomic mass is 16.2. The number of para-hydroxylation sites is 1. The number of fused-ring (bicyclic) bond motifs is 1. The average Bonchev–Trinajstić information content (AvgIpc) is 3.24. The Bertz CT molecular complexity index is 1110. The van der Waals surface area contributed by atoms with E-state index in [0.29, 0.717) is 13.0 Å². The van der Waals surface area contributed by atoms with Gasteiger partial charge in [-0.1, -0.05) is 78.9 Å². The van der Waals surface area contributed by atoms with E-state index in [4.69, 9.17) is 0 Å². The van der Waals surface area contributed by atoms with Gasteiger partial charge in [0.25, 0.3) is 0 Å². The second-order valence-electron chi connectivity index (χ2n) is 8.23. The Morgan fingerprint density at radius 2 is 1.52 bits per heavy atom. The maximum Gasteiger partial charge on any atom is 0.240 e. The topological polar surface area (TPSA) is 48.1 Å². The maximum atomic E-state index is 13.4. The van der Waals surface area contributed by atoms with Crippen LogP contribution in [-0.2, 0) is 11.2 Å². The van der Waals surface area contributed by atoms with Crippen molar-refractivity contribution >= 4 is 16.8 Å². The molecule has 1 fully saturated rings. The third-order valence-electron chi connectivity index (χ3n) is 6.29. The summed E-state index contributed by atoms with van der Waals surface area (Å²) in [5.41, 5.74) is 4.79. The van der Waals surface area contributed by atoms with Gasteiger partial charge in [-0.25, -0.2) is 0 Å². The lowest BCUT2D eigenvalue weighted by atomic mass is 9.90. The monoisotopic (exact) mass is 409 g/mol. The van der Waals surface area contributed by atoms with Crippen LogP contribution in [0.3, 0.4) is 0 Å². The zero-order chi connectivity index (χ0) is 21.0. The van der Waals surface area contributed by atoms with Crippen molar-refractivity contribution in [3.8, 4) is 0 Å². The zero-order valence-corrected chi connectivity index (χ0v) is 17.5. The number of hydrogen-bond donors (Lipinski definition) is 2. The fourth-order valence-electron chi connectivity index (χ4n) is 4.65. The number of aromatic nitrogens is 1. The van der Waals surface area contributed by atoms with Crippen molar-refractivity contribution in [1.82, 2.24) is 15.2 Å². The Balaban J connectivity index is 1.37. The number of rotatable bonds is 6. The number of piperazine rings is 1. The van der Waals surface area contributed by atoms with Gasteiger partial charge in [0.1, 0.15) is 0 Å². The van der Waals surface area contributed by atoms with Crippen molar-refractivity contribution in [2.75, 3.05) is 19.6 Å². The molecule has 1 amide bonds. The molecule has 1 aliphatic rings. The smallest absolute Gasteiger partial charge is 0.240 e. The molecule has 0 saturated carbocycles. The second kappa shape index (κ2) is 8.78. The fraction of sp³-hybridized carbons (Fsp3) is 0.222. The van der Waals surface area contributed by atoms with Crippen LogP contribution in [0, 0.1) is 0 Å². The molecule has 156 valence electrons. The molecular formula is C27H27N3O. The summed E-state index contributed by atoms with van der Waals surface area (Å²) in [6.07, 6.45) is 2.73. The zero-order valence-electron chi connectivity index (χ0n) is 17.5. The Morgan fingerprint density at radius 1 is 0.871 bits per heavy atom. The van der Waals surface area contributed by atoms with Crippen LogP contribution in [0.4, 0.5) is 0 Å². The van der Waals surface area contributed by atoms with E-state index in [9.17, 15) is 4.79 Å². The van der Waals surface area contributed by atoms with Crippen LogP contribution in [0.1, 0.15) is 22.6 Å². The summed E-state index contributed by atoms with van der Waals surface area (Å²) < 4.78 is 0. The maximum absolute atomic E-state index is 13.4. The summed E-state index contributed by atoms with van der Waals surface area (Å²) in [5, 5.41) is 4.64. The van der Waals surface area contributed by atoms with Gasteiger partial charge >= 0.3 is 0 Å². The van der Waals surface area contributed by atoms with Gasteiger partial charge in [-0.05, 0) is 29.2 Å². The number of H-pyrrole nitrogens is 1. The van der Waals surface area contributed by atoms with Crippen LogP contribution >= 0.6 is 0 Å². The summed E-state index contributed by atoms with van der Waals surface area (Å²) in [7, 11) is 0. The quantitative estimate of drug-likeness (QED) is 0.498. The highest BCUT2D eigenvalue weighted by molar-refractivity contribution is 5.86. The molecule has 2 heterocycles. The predicted octanol–water partition coefficient (Wildman–Crippen LogP) is 4.34. The predicted molar refractivity (Wildman–Crippen MR) is 125 cm³/mol. The standard InChI is InChI=1S/C27H27N3O/c31-27-26(17-22-18-29-25-14-8-7-13-23(22)25)28-15-16-30(27)19-24(20-9-3-1-4-10-20)21-11-5-2-6-12-21/h1-14,18,24,26,28-29H,15-17,19H2/t26-/m1/s1. The molecule has 4 nitrogen and oxygen atoms in total. The summed E-state index contributed by atoms with van der Waals surface area (Å²) in [6.45, 7) is 2.24. The van der Waals surface area contributed by atoms with Crippen molar-refractivity contribution < 1.29 is 4.79 Å². The van der Waals surface area contributed by atoms with Gasteiger partial charge in [-0.3, -0.25) is 4.79 Å². The molecule has 0 spiro atoms. The van der Waals surface area contributed by atoms with Crippen LogP contribution in [0.15, 0.2) is 91.1 Å². The minimum absolute atomic E-state index is 0.165. The second-order valence-corrected chi connectivity index (χ2v) is 8.23. The van der Waals surface area contributed by atoms with E-state index < -0.39 is 0 Å². The lowest BCUT2D eigenvalue weighted by Crippen LogP contribution is -2.56. The highest BCUT2D eigenvalue weighted by Gasteiger charge is 2.31. The Hall–Kier alpha value is -3.37. The summed E-state index contributed by atoms with van der Waals surface area (Å²) in [4.78, 5) is 18.8. The van der Waals surface area contributed by atoms with Gasteiger partial charge in [-0.2, -0.15) is 0 Å². The molecule has 1 aromatic heterocycles. The van der Waals surface area contributed by atoms with Crippen molar-refractivity contribution in [1.29, 1.82) is 0 Å². The molecule has 31 heavy (non-hydrogen) atoms. The first kappa shape index (κ1) is 19.6. The van der Waals surface area contributed by atoms with E-state index in [1.54, 1.807) is 0 Å². The van der Waals surface area contributed by atoms with E-state index in [0.717, 1.165) is 18.6 Å². The summed E-state index contributed by atoms with van der Waals surface area (Å²) >= 11 is 0. The molecule has 1 atom stereocenters. The Kier molecular flexibility index (Phi) is 5.55. The van der Waals surface area contributed by atoms with E-state index in [2.05, 4.69) is 71.0 Å². The van der Waals surface area contributed by atoms with Crippen molar-refractivity contribution in [2.24, 2.45) is 0 Å². The van der Waals surface area contributed by atoms with Crippen LogP contribution in [0.25, 0.3) is 10.9 Å². The number of benzene rings is 3. The van der Waals surface area contributed by atoms with Crippen LogP contribution in [0.5, 0.6) is 0 Å². The number of nitrogens with one attached hydrogen (secondary N) is 2.